The van der Waals surface area contributed by atoms with Crippen LogP contribution in [-0.2, 0) is 11.2 Å². The number of guanidine groups is 1. The molecule has 140 valence electrons. The predicted molar refractivity (Wildman–Crippen MR) is 116 cm³/mol. The number of aliphatic imine (C=N–C) groups is 1. The van der Waals surface area contributed by atoms with E-state index in [0.29, 0.717) is 5.41 Å². The van der Waals surface area contributed by atoms with Gasteiger partial charge in [0.15, 0.2) is 5.96 Å². The van der Waals surface area contributed by atoms with Crippen LogP contribution < -0.4 is 10.6 Å². The first kappa shape index (κ1) is 21.7. The SMILES string of the molecule is CN=C(NCCc1ccc(NC(C)=O)cc1)N1CC(C)(C)C1(C)C.I. The van der Waals surface area contributed by atoms with E-state index in [2.05, 4.69) is 48.2 Å². The highest BCUT2D eigenvalue weighted by molar-refractivity contribution is 14.0. The van der Waals surface area contributed by atoms with Crippen LogP contribution in [0.15, 0.2) is 29.3 Å². The summed E-state index contributed by atoms with van der Waals surface area (Å²) in [6.45, 7) is 12.5. The summed E-state index contributed by atoms with van der Waals surface area (Å²) in [4.78, 5) is 17.8. The van der Waals surface area contributed by atoms with E-state index in [1.165, 1.54) is 12.5 Å². The number of benzene rings is 1. The minimum Gasteiger partial charge on any atom is -0.356 e. The van der Waals surface area contributed by atoms with Gasteiger partial charge < -0.3 is 15.5 Å². The maximum absolute atomic E-state index is 11.0. The van der Waals surface area contributed by atoms with Gasteiger partial charge in [-0.15, -0.1) is 24.0 Å². The quantitative estimate of drug-likeness (QED) is 0.413. The molecule has 0 radical (unpaired) electrons. The standard InChI is InChI=1S/C19H30N4O.HI/c1-14(24)22-16-9-7-15(8-10-16)11-12-21-17(20-6)23-13-18(2,3)19(23,4)5;/h7-10H,11-13H2,1-6H3,(H,20,21)(H,22,24);1H. The van der Waals surface area contributed by atoms with Crippen molar-refractivity contribution in [1.82, 2.24) is 10.2 Å². The number of likely N-dealkylation sites (tertiary alicyclic amines) is 1. The second kappa shape index (κ2) is 8.38. The normalized spacial score (nSPS) is 18.0. The molecule has 1 fully saturated rings. The number of hydrogen-bond acceptors (Lipinski definition) is 2. The first-order valence-corrected chi connectivity index (χ1v) is 8.52. The van der Waals surface area contributed by atoms with Crippen LogP contribution >= 0.6 is 24.0 Å². The number of rotatable bonds is 4. The Hall–Kier alpha value is -1.31. The maximum atomic E-state index is 11.0. The fraction of sp³-hybridized carbons (Fsp3) is 0.579. The number of nitrogens with zero attached hydrogens (tertiary/aromatic N) is 2. The molecule has 0 bridgehead atoms. The lowest BCUT2D eigenvalue weighted by atomic mass is 9.65. The van der Waals surface area contributed by atoms with Crippen LogP contribution in [0.25, 0.3) is 0 Å². The molecule has 0 aromatic heterocycles. The Morgan fingerprint density at radius 1 is 1.20 bits per heavy atom. The van der Waals surface area contributed by atoms with E-state index in [-0.39, 0.29) is 35.4 Å². The van der Waals surface area contributed by atoms with Crippen LogP contribution in [0, 0.1) is 5.41 Å². The van der Waals surface area contributed by atoms with E-state index in [9.17, 15) is 4.79 Å². The summed E-state index contributed by atoms with van der Waals surface area (Å²) in [7, 11) is 1.84. The fourth-order valence-electron chi connectivity index (χ4n) is 2.97. The first-order chi connectivity index (χ1) is 11.2. The Bertz CT molecular complexity index is 623. The van der Waals surface area contributed by atoms with E-state index in [1.54, 1.807) is 0 Å². The Balaban J connectivity index is 0.00000312. The Morgan fingerprint density at radius 2 is 1.80 bits per heavy atom. The molecular formula is C19H31IN4O. The third-order valence-corrected chi connectivity index (χ3v) is 5.32. The van der Waals surface area contributed by atoms with Gasteiger partial charge in [-0.05, 0) is 38.0 Å². The molecule has 1 aromatic rings. The number of amides is 1. The number of halogens is 1. The van der Waals surface area contributed by atoms with Gasteiger partial charge >= 0.3 is 0 Å². The Labute approximate surface area is 168 Å². The highest BCUT2D eigenvalue weighted by Gasteiger charge is 2.53. The summed E-state index contributed by atoms with van der Waals surface area (Å²) in [6, 6.07) is 7.97. The molecule has 1 amide bonds. The highest BCUT2D eigenvalue weighted by atomic mass is 127. The molecule has 2 rings (SSSR count). The predicted octanol–water partition coefficient (Wildman–Crippen LogP) is 3.50. The smallest absolute Gasteiger partial charge is 0.221 e. The number of hydrogen-bond donors (Lipinski definition) is 2. The second-order valence-corrected chi connectivity index (χ2v) is 7.63. The average Bonchev–Trinajstić information content (AvgIpc) is 2.51. The van der Waals surface area contributed by atoms with Crippen molar-refractivity contribution in [3.63, 3.8) is 0 Å². The lowest BCUT2D eigenvalue weighted by Crippen LogP contribution is -2.72. The maximum Gasteiger partial charge on any atom is 0.221 e. The van der Waals surface area contributed by atoms with Crippen molar-refractivity contribution in [2.75, 3.05) is 25.5 Å². The molecule has 2 N–H and O–H groups in total. The van der Waals surface area contributed by atoms with Crippen LogP contribution in [0.2, 0.25) is 0 Å². The van der Waals surface area contributed by atoms with Gasteiger partial charge in [0.2, 0.25) is 5.91 Å². The van der Waals surface area contributed by atoms with Gasteiger partial charge in [-0.2, -0.15) is 0 Å². The summed E-state index contributed by atoms with van der Waals surface area (Å²) in [5.74, 6) is 0.919. The van der Waals surface area contributed by atoms with Crippen molar-refractivity contribution in [3.05, 3.63) is 29.8 Å². The van der Waals surface area contributed by atoms with E-state index < -0.39 is 0 Å². The van der Waals surface area contributed by atoms with Gasteiger partial charge in [0.25, 0.3) is 0 Å². The number of anilines is 1. The molecule has 0 aliphatic carbocycles. The zero-order chi connectivity index (χ0) is 18.0. The first-order valence-electron chi connectivity index (χ1n) is 8.52. The molecule has 1 saturated heterocycles. The topological polar surface area (TPSA) is 56.7 Å². The molecular weight excluding hydrogens is 427 g/mol. The van der Waals surface area contributed by atoms with Gasteiger partial charge in [0.05, 0.1) is 0 Å². The summed E-state index contributed by atoms with van der Waals surface area (Å²) < 4.78 is 0. The molecule has 1 aliphatic rings. The van der Waals surface area contributed by atoms with Gasteiger partial charge in [0, 0.05) is 43.7 Å². The van der Waals surface area contributed by atoms with Gasteiger partial charge in [-0.3, -0.25) is 9.79 Å². The highest BCUT2D eigenvalue weighted by Crippen LogP contribution is 2.46. The van der Waals surface area contributed by atoms with Crippen molar-refractivity contribution in [3.8, 4) is 0 Å². The molecule has 1 heterocycles. The second-order valence-electron chi connectivity index (χ2n) is 7.63. The number of nitrogens with one attached hydrogen (secondary N) is 2. The molecule has 25 heavy (non-hydrogen) atoms. The zero-order valence-electron chi connectivity index (χ0n) is 16.1. The molecule has 0 atom stereocenters. The summed E-state index contributed by atoms with van der Waals surface area (Å²) >= 11 is 0. The lowest BCUT2D eigenvalue weighted by molar-refractivity contribution is -0.114. The third-order valence-electron chi connectivity index (χ3n) is 5.32. The van der Waals surface area contributed by atoms with E-state index in [1.807, 2.05) is 31.3 Å². The number of carbonyl (C=O) groups excluding carboxylic acids is 1. The summed E-state index contributed by atoms with van der Waals surface area (Å²) in [6.07, 6.45) is 0.914. The van der Waals surface area contributed by atoms with Crippen LogP contribution in [0.4, 0.5) is 5.69 Å². The summed E-state index contributed by atoms with van der Waals surface area (Å²) in [5, 5.41) is 6.25. The van der Waals surface area contributed by atoms with E-state index in [0.717, 1.165) is 31.2 Å². The molecule has 5 nitrogen and oxygen atoms in total. The minimum atomic E-state index is -0.0479. The number of carbonyl (C=O) groups is 1. The molecule has 6 heteroatoms. The minimum absolute atomic E-state index is 0. The fourth-order valence-corrected chi connectivity index (χ4v) is 2.97. The Kier molecular flexibility index (Phi) is 7.28. The monoisotopic (exact) mass is 458 g/mol. The van der Waals surface area contributed by atoms with Crippen molar-refractivity contribution in [2.24, 2.45) is 10.4 Å². The van der Waals surface area contributed by atoms with Crippen LogP contribution in [0.5, 0.6) is 0 Å². The average molecular weight is 458 g/mol. The van der Waals surface area contributed by atoms with Crippen molar-refractivity contribution < 1.29 is 4.79 Å². The molecule has 1 aliphatic heterocycles. The van der Waals surface area contributed by atoms with E-state index in [4.69, 9.17) is 0 Å². The van der Waals surface area contributed by atoms with Gasteiger partial charge in [-0.1, -0.05) is 26.0 Å². The van der Waals surface area contributed by atoms with Crippen LogP contribution in [-0.4, -0.2) is 42.4 Å². The molecule has 0 spiro atoms. The lowest BCUT2D eigenvalue weighted by Gasteiger charge is -2.62. The third kappa shape index (κ3) is 4.86. The van der Waals surface area contributed by atoms with Gasteiger partial charge in [-0.25, -0.2) is 0 Å². The van der Waals surface area contributed by atoms with Crippen LogP contribution in [0.1, 0.15) is 40.2 Å². The van der Waals surface area contributed by atoms with Crippen molar-refractivity contribution in [1.29, 1.82) is 0 Å². The van der Waals surface area contributed by atoms with E-state index >= 15 is 0 Å². The largest absolute Gasteiger partial charge is 0.356 e. The zero-order valence-corrected chi connectivity index (χ0v) is 18.5. The Morgan fingerprint density at radius 3 is 2.24 bits per heavy atom. The molecule has 1 aromatic carbocycles. The summed E-state index contributed by atoms with van der Waals surface area (Å²) in [5.41, 5.74) is 2.47. The van der Waals surface area contributed by atoms with Gasteiger partial charge in [0.1, 0.15) is 0 Å². The van der Waals surface area contributed by atoms with Crippen LogP contribution in [0.3, 0.4) is 0 Å². The molecule has 0 saturated carbocycles. The van der Waals surface area contributed by atoms with Crippen molar-refractivity contribution >= 4 is 41.5 Å². The van der Waals surface area contributed by atoms with Crippen molar-refractivity contribution in [2.45, 2.75) is 46.6 Å². The molecule has 0 unspecified atom stereocenters.